The molecule has 2 saturated carbocycles. The predicted octanol–water partition coefficient (Wildman–Crippen LogP) is 4.27. The number of nitrogens with two attached hydrogens (primary N) is 1. The van der Waals surface area contributed by atoms with Gasteiger partial charge in [0.1, 0.15) is 0 Å². The molecule has 2 fully saturated rings. The van der Waals surface area contributed by atoms with Crippen LogP contribution < -0.4 is 15.2 Å². The summed E-state index contributed by atoms with van der Waals surface area (Å²) >= 11 is 0. The molecule has 4 rings (SSSR count). The first-order valence-corrected chi connectivity index (χ1v) is 10.9. The van der Waals surface area contributed by atoms with Crippen molar-refractivity contribution in [3.63, 3.8) is 0 Å². The van der Waals surface area contributed by atoms with E-state index in [1.165, 1.54) is 18.4 Å². The van der Waals surface area contributed by atoms with Gasteiger partial charge < -0.3 is 20.3 Å². The molecule has 2 aliphatic rings. The summed E-state index contributed by atoms with van der Waals surface area (Å²) in [6.07, 6.45) is 15.7. The Balaban J connectivity index is 1.66. The van der Waals surface area contributed by atoms with Crippen LogP contribution in [0.2, 0.25) is 0 Å². The van der Waals surface area contributed by atoms with Crippen molar-refractivity contribution in [2.45, 2.75) is 69.0 Å². The number of ether oxygens (including phenoxy) is 2. The number of rotatable bonds is 6. The van der Waals surface area contributed by atoms with Crippen LogP contribution in [-0.4, -0.2) is 34.4 Å². The Morgan fingerprint density at radius 3 is 2.43 bits per heavy atom. The third kappa shape index (κ3) is 4.59. The Bertz CT molecular complexity index is 868. The average molecular weight is 410 g/mol. The standard InChI is InChI=1S/C24H31N3O3/c1-29-21-7-6-18(14-22(21)30-20-4-2-3-5-20)24(12-9-19(28)10-13-24)11-8-17-15-26-23(25)27-16-17/h6-8,11,14-16,19-20,28H,2-5,9-10,12-13H2,1H3,(H2,25,26,27)/b11-8+. The normalized spacial score (nSPS) is 24.9. The predicted molar refractivity (Wildman–Crippen MR) is 118 cm³/mol. The quantitative estimate of drug-likeness (QED) is 0.740. The largest absolute Gasteiger partial charge is 0.493 e. The van der Waals surface area contributed by atoms with Gasteiger partial charge in [0.15, 0.2) is 11.5 Å². The first-order chi connectivity index (χ1) is 14.6. The van der Waals surface area contributed by atoms with E-state index >= 15 is 0 Å². The molecule has 0 radical (unpaired) electrons. The van der Waals surface area contributed by atoms with Crippen molar-refractivity contribution in [2.75, 3.05) is 12.8 Å². The lowest BCUT2D eigenvalue weighted by molar-refractivity contribution is 0.108. The van der Waals surface area contributed by atoms with Crippen LogP contribution in [0, 0.1) is 0 Å². The van der Waals surface area contributed by atoms with Gasteiger partial charge in [-0.1, -0.05) is 18.2 Å². The van der Waals surface area contributed by atoms with E-state index in [0.717, 1.165) is 55.6 Å². The van der Waals surface area contributed by atoms with E-state index < -0.39 is 0 Å². The monoisotopic (exact) mass is 409 g/mol. The minimum Gasteiger partial charge on any atom is -0.493 e. The number of anilines is 1. The molecule has 0 amide bonds. The van der Waals surface area contributed by atoms with Crippen molar-refractivity contribution in [2.24, 2.45) is 0 Å². The summed E-state index contributed by atoms with van der Waals surface area (Å²) in [5.74, 6) is 1.86. The third-order valence-electron chi connectivity index (χ3n) is 6.47. The molecule has 3 N–H and O–H groups in total. The van der Waals surface area contributed by atoms with Crippen molar-refractivity contribution >= 4 is 12.0 Å². The molecule has 0 bridgehead atoms. The SMILES string of the molecule is COc1ccc(C2(/C=C/c3cnc(N)nc3)CCC(O)CC2)cc1OC1CCCC1. The first-order valence-electron chi connectivity index (χ1n) is 10.9. The number of aliphatic hydroxyl groups excluding tert-OH is 1. The number of methoxy groups -OCH3 is 1. The molecule has 6 nitrogen and oxygen atoms in total. The van der Waals surface area contributed by atoms with Gasteiger partial charge >= 0.3 is 0 Å². The second-order valence-electron chi connectivity index (χ2n) is 8.49. The van der Waals surface area contributed by atoms with Gasteiger partial charge in [0, 0.05) is 23.4 Å². The molecule has 160 valence electrons. The number of nitrogens with zero attached hydrogens (tertiary/aromatic N) is 2. The number of nitrogen functional groups attached to an aromatic ring is 1. The van der Waals surface area contributed by atoms with Crippen LogP contribution in [0.3, 0.4) is 0 Å². The second kappa shape index (κ2) is 9.04. The van der Waals surface area contributed by atoms with E-state index in [1.54, 1.807) is 19.5 Å². The Hall–Kier alpha value is -2.60. The molecule has 1 aromatic heterocycles. The van der Waals surface area contributed by atoms with Crippen LogP contribution >= 0.6 is 0 Å². The molecule has 0 atom stereocenters. The maximum absolute atomic E-state index is 10.1. The van der Waals surface area contributed by atoms with Gasteiger partial charge in [0.05, 0.1) is 19.3 Å². The molecule has 30 heavy (non-hydrogen) atoms. The van der Waals surface area contributed by atoms with Crippen LogP contribution in [-0.2, 0) is 5.41 Å². The lowest BCUT2D eigenvalue weighted by Gasteiger charge is -2.37. The van der Waals surface area contributed by atoms with Crippen LogP contribution in [0.15, 0.2) is 36.7 Å². The zero-order valence-corrected chi connectivity index (χ0v) is 17.6. The van der Waals surface area contributed by atoms with Crippen molar-refractivity contribution in [3.05, 3.63) is 47.8 Å². The maximum Gasteiger partial charge on any atom is 0.219 e. The molecular weight excluding hydrogens is 378 g/mol. The van der Waals surface area contributed by atoms with Gasteiger partial charge in [-0.05, 0) is 69.1 Å². The minimum atomic E-state index is -0.237. The minimum absolute atomic E-state index is 0.180. The van der Waals surface area contributed by atoms with E-state index in [2.05, 4.69) is 34.3 Å². The first kappa shape index (κ1) is 20.7. The van der Waals surface area contributed by atoms with Crippen LogP contribution in [0.4, 0.5) is 5.95 Å². The fraction of sp³-hybridized carbons (Fsp3) is 0.500. The molecule has 0 aliphatic heterocycles. The summed E-state index contributed by atoms with van der Waals surface area (Å²) in [5, 5.41) is 10.1. The molecule has 2 aliphatic carbocycles. The molecule has 6 heteroatoms. The molecule has 1 aromatic carbocycles. The highest BCUT2D eigenvalue weighted by Gasteiger charge is 2.35. The van der Waals surface area contributed by atoms with Crippen molar-refractivity contribution < 1.29 is 14.6 Å². The summed E-state index contributed by atoms with van der Waals surface area (Å²) in [6, 6.07) is 6.27. The van der Waals surface area contributed by atoms with E-state index in [0.29, 0.717) is 0 Å². The fourth-order valence-electron chi connectivity index (χ4n) is 4.62. The molecule has 0 unspecified atom stereocenters. The Morgan fingerprint density at radius 2 is 1.77 bits per heavy atom. The number of benzene rings is 1. The zero-order chi connectivity index (χ0) is 21.0. The van der Waals surface area contributed by atoms with Gasteiger partial charge in [-0.2, -0.15) is 0 Å². The number of hydrogen-bond acceptors (Lipinski definition) is 6. The Labute approximate surface area is 178 Å². The fourth-order valence-corrected chi connectivity index (χ4v) is 4.62. The van der Waals surface area contributed by atoms with E-state index in [1.807, 2.05) is 6.07 Å². The topological polar surface area (TPSA) is 90.5 Å². The van der Waals surface area contributed by atoms with Crippen molar-refractivity contribution in [1.29, 1.82) is 0 Å². The number of aromatic nitrogens is 2. The van der Waals surface area contributed by atoms with Gasteiger partial charge in [-0.15, -0.1) is 0 Å². The van der Waals surface area contributed by atoms with E-state index in [9.17, 15) is 5.11 Å². The highest BCUT2D eigenvalue weighted by molar-refractivity contribution is 5.53. The lowest BCUT2D eigenvalue weighted by atomic mass is 9.68. The molecule has 0 spiro atoms. The van der Waals surface area contributed by atoms with Gasteiger partial charge in [-0.25, -0.2) is 9.97 Å². The van der Waals surface area contributed by atoms with Gasteiger partial charge in [0.2, 0.25) is 5.95 Å². The summed E-state index contributed by atoms with van der Waals surface area (Å²) in [4.78, 5) is 8.17. The Morgan fingerprint density at radius 1 is 1.07 bits per heavy atom. The molecular formula is C24H31N3O3. The summed E-state index contributed by atoms with van der Waals surface area (Å²) in [7, 11) is 1.68. The molecule has 0 saturated heterocycles. The van der Waals surface area contributed by atoms with E-state index in [-0.39, 0.29) is 23.6 Å². The number of allylic oxidation sites excluding steroid dienone is 1. The summed E-state index contributed by atoms with van der Waals surface area (Å²) in [6.45, 7) is 0. The van der Waals surface area contributed by atoms with Gasteiger partial charge in [0.25, 0.3) is 0 Å². The maximum atomic E-state index is 10.1. The molecule has 1 heterocycles. The van der Waals surface area contributed by atoms with Crippen LogP contribution in [0.1, 0.15) is 62.5 Å². The molecule has 2 aromatic rings. The summed E-state index contributed by atoms with van der Waals surface area (Å²) in [5.41, 5.74) is 7.53. The highest BCUT2D eigenvalue weighted by Crippen LogP contribution is 2.44. The van der Waals surface area contributed by atoms with Crippen molar-refractivity contribution in [1.82, 2.24) is 9.97 Å². The summed E-state index contributed by atoms with van der Waals surface area (Å²) < 4.78 is 11.9. The van der Waals surface area contributed by atoms with Crippen molar-refractivity contribution in [3.8, 4) is 11.5 Å². The highest BCUT2D eigenvalue weighted by atomic mass is 16.5. The third-order valence-corrected chi connectivity index (χ3v) is 6.47. The van der Waals surface area contributed by atoms with Crippen LogP contribution in [0.5, 0.6) is 11.5 Å². The smallest absolute Gasteiger partial charge is 0.219 e. The average Bonchev–Trinajstić information content (AvgIpc) is 3.28. The second-order valence-corrected chi connectivity index (χ2v) is 8.49. The number of hydrogen-bond donors (Lipinski definition) is 2. The zero-order valence-electron chi connectivity index (χ0n) is 17.6. The van der Waals surface area contributed by atoms with Gasteiger partial charge in [-0.3, -0.25) is 0 Å². The Kier molecular flexibility index (Phi) is 6.23. The van der Waals surface area contributed by atoms with E-state index in [4.69, 9.17) is 15.2 Å². The lowest BCUT2D eigenvalue weighted by Crippen LogP contribution is -2.32. The van der Waals surface area contributed by atoms with Crippen LogP contribution in [0.25, 0.3) is 6.08 Å². The number of aliphatic hydroxyl groups is 1.